The van der Waals surface area contributed by atoms with Crippen molar-refractivity contribution < 1.29 is 9.53 Å². The van der Waals surface area contributed by atoms with Gasteiger partial charge >= 0.3 is 6.09 Å². The number of rotatable bonds is 2. The van der Waals surface area contributed by atoms with Crippen LogP contribution in [0.1, 0.15) is 26.2 Å². The maximum Gasteiger partial charge on any atom is 0.410 e. The lowest BCUT2D eigenvalue weighted by Crippen LogP contribution is -2.49. The molecule has 0 aromatic carbocycles. The summed E-state index contributed by atoms with van der Waals surface area (Å²) in [5.41, 5.74) is -0.499. The molecule has 0 saturated heterocycles. The van der Waals surface area contributed by atoms with Crippen LogP contribution < -0.4 is 0 Å². The third-order valence-corrected chi connectivity index (χ3v) is 2.80. The highest BCUT2D eigenvalue weighted by molar-refractivity contribution is 5.69. The summed E-state index contributed by atoms with van der Waals surface area (Å²) in [6, 6.07) is 0. The van der Waals surface area contributed by atoms with Gasteiger partial charge in [0.2, 0.25) is 0 Å². The minimum Gasteiger partial charge on any atom is -0.450 e. The SMILES string of the molecule is C#CC1(N(C)C(=O)OCC)CC=CCC1. The first-order valence-corrected chi connectivity index (χ1v) is 5.19. The van der Waals surface area contributed by atoms with Crippen LogP contribution in [-0.4, -0.2) is 30.2 Å². The third kappa shape index (κ3) is 2.33. The van der Waals surface area contributed by atoms with Crippen molar-refractivity contribution in [3.05, 3.63) is 12.2 Å². The van der Waals surface area contributed by atoms with Crippen LogP contribution in [-0.2, 0) is 4.74 Å². The second kappa shape index (κ2) is 4.88. The molecule has 0 heterocycles. The van der Waals surface area contributed by atoms with Crippen molar-refractivity contribution in [2.24, 2.45) is 0 Å². The molecule has 1 atom stereocenters. The van der Waals surface area contributed by atoms with Crippen molar-refractivity contribution in [2.45, 2.75) is 31.7 Å². The number of ether oxygens (including phenoxy) is 1. The van der Waals surface area contributed by atoms with Crippen LogP contribution in [0, 0.1) is 12.3 Å². The van der Waals surface area contributed by atoms with Gasteiger partial charge in [0.25, 0.3) is 0 Å². The van der Waals surface area contributed by atoms with Crippen molar-refractivity contribution >= 4 is 6.09 Å². The highest BCUT2D eigenvalue weighted by Gasteiger charge is 2.36. The molecular formula is C12H17NO2. The summed E-state index contributed by atoms with van der Waals surface area (Å²) in [5.74, 6) is 2.73. The fraction of sp³-hybridized carbons (Fsp3) is 0.583. The number of hydrogen-bond donors (Lipinski definition) is 0. The van der Waals surface area contributed by atoms with E-state index in [1.165, 1.54) is 0 Å². The average Bonchev–Trinajstić information content (AvgIpc) is 2.29. The number of carbonyl (C=O) groups excluding carboxylic acids is 1. The lowest BCUT2D eigenvalue weighted by molar-refractivity contribution is 0.0827. The highest BCUT2D eigenvalue weighted by atomic mass is 16.6. The molecule has 1 unspecified atom stereocenters. The van der Waals surface area contributed by atoms with Gasteiger partial charge in [0.05, 0.1) is 6.61 Å². The molecule has 0 saturated carbocycles. The fourth-order valence-corrected chi connectivity index (χ4v) is 1.75. The van der Waals surface area contributed by atoms with Crippen molar-refractivity contribution in [3.63, 3.8) is 0 Å². The molecule has 3 nitrogen and oxygen atoms in total. The second-order valence-corrected chi connectivity index (χ2v) is 3.65. The molecule has 1 aliphatic rings. The zero-order valence-electron chi connectivity index (χ0n) is 9.32. The molecule has 0 bridgehead atoms. The Hall–Kier alpha value is -1.43. The molecule has 82 valence electrons. The number of nitrogens with zero attached hydrogens (tertiary/aromatic N) is 1. The van der Waals surface area contributed by atoms with Gasteiger partial charge in [-0.3, -0.25) is 4.90 Å². The van der Waals surface area contributed by atoms with Gasteiger partial charge < -0.3 is 4.74 Å². The quantitative estimate of drug-likeness (QED) is 0.513. The summed E-state index contributed by atoms with van der Waals surface area (Å²) in [7, 11) is 1.71. The topological polar surface area (TPSA) is 29.5 Å². The Kier molecular flexibility index (Phi) is 3.79. The molecule has 0 spiro atoms. The standard InChI is InChI=1S/C12H17NO2/c1-4-12(9-7-6-8-10-12)13(3)11(14)15-5-2/h1,6-7H,5,8-10H2,2-3H3. The van der Waals surface area contributed by atoms with Crippen LogP contribution in [0.4, 0.5) is 4.79 Å². The van der Waals surface area contributed by atoms with E-state index in [1.54, 1.807) is 18.9 Å². The van der Waals surface area contributed by atoms with Crippen LogP contribution in [0.3, 0.4) is 0 Å². The molecular weight excluding hydrogens is 190 g/mol. The molecule has 0 radical (unpaired) electrons. The fourth-order valence-electron chi connectivity index (χ4n) is 1.75. The van der Waals surface area contributed by atoms with Gasteiger partial charge in [0.1, 0.15) is 5.54 Å². The van der Waals surface area contributed by atoms with Gasteiger partial charge in [-0.2, -0.15) is 0 Å². The Labute approximate surface area is 91.1 Å². The van der Waals surface area contributed by atoms with Crippen LogP contribution in [0.2, 0.25) is 0 Å². The van der Waals surface area contributed by atoms with E-state index >= 15 is 0 Å². The summed E-state index contributed by atoms with van der Waals surface area (Å²) in [6.45, 7) is 2.16. The maximum absolute atomic E-state index is 11.6. The van der Waals surface area contributed by atoms with Crippen molar-refractivity contribution in [1.82, 2.24) is 4.90 Å². The third-order valence-electron chi connectivity index (χ3n) is 2.80. The van der Waals surface area contributed by atoms with Gasteiger partial charge in [-0.25, -0.2) is 4.79 Å². The van der Waals surface area contributed by atoms with Gasteiger partial charge in [-0.05, 0) is 19.8 Å². The van der Waals surface area contributed by atoms with E-state index in [1.807, 2.05) is 6.08 Å². The van der Waals surface area contributed by atoms with Gasteiger partial charge in [0.15, 0.2) is 0 Å². The van der Waals surface area contributed by atoms with Gasteiger partial charge in [0, 0.05) is 13.5 Å². The molecule has 3 heteroatoms. The normalized spacial score (nSPS) is 24.3. The van der Waals surface area contributed by atoms with E-state index in [9.17, 15) is 4.79 Å². The number of allylic oxidation sites excluding steroid dienone is 1. The zero-order chi connectivity index (χ0) is 11.3. The van der Waals surface area contributed by atoms with Crippen LogP contribution in [0.25, 0.3) is 0 Å². The Balaban J connectivity index is 2.78. The number of amides is 1. The predicted molar refractivity (Wildman–Crippen MR) is 59.3 cm³/mol. The van der Waals surface area contributed by atoms with E-state index in [0.29, 0.717) is 13.0 Å². The zero-order valence-corrected chi connectivity index (χ0v) is 9.32. The Morgan fingerprint density at radius 3 is 2.87 bits per heavy atom. The van der Waals surface area contributed by atoms with E-state index < -0.39 is 5.54 Å². The second-order valence-electron chi connectivity index (χ2n) is 3.65. The number of carbonyl (C=O) groups is 1. The smallest absolute Gasteiger partial charge is 0.410 e. The largest absolute Gasteiger partial charge is 0.450 e. The highest BCUT2D eigenvalue weighted by Crippen LogP contribution is 2.28. The van der Waals surface area contributed by atoms with Crippen LogP contribution in [0.5, 0.6) is 0 Å². The molecule has 1 aliphatic carbocycles. The first-order chi connectivity index (χ1) is 7.16. The minimum atomic E-state index is -0.499. The summed E-state index contributed by atoms with van der Waals surface area (Å²) in [5, 5.41) is 0. The Morgan fingerprint density at radius 1 is 1.67 bits per heavy atom. The van der Waals surface area contributed by atoms with E-state index in [2.05, 4.69) is 12.0 Å². The first-order valence-electron chi connectivity index (χ1n) is 5.19. The predicted octanol–water partition coefficient (Wildman–Crippen LogP) is 2.19. The Bertz CT molecular complexity index is 303. The maximum atomic E-state index is 11.6. The van der Waals surface area contributed by atoms with E-state index in [0.717, 1.165) is 12.8 Å². The molecule has 15 heavy (non-hydrogen) atoms. The van der Waals surface area contributed by atoms with Gasteiger partial charge in [-0.15, -0.1) is 6.42 Å². The monoisotopic (exact) mass is 207 g/mol. The summed E-state index contributed by atoms with van der Waals surface area (Å²) >= 11 is 0. The number of terminal acetylenes is 1. The van der Waals surface area contributed by atoms with Crippen LogP contribution in [0.15, 0.2) is 12.2 Å². The molecule has 0 aromatic heterocycles. The average molecular weight is 207 g/mol. The first kappa shape index (κ1) is 11.6. The van der Waals surface area contributed by atoms with E-state index in [-0.39, 0.29) is 6.09 Å². The minimum absolute atomic E-state index is 0.342. The van der Waals surface area contributed by atoms with Crippen molar-refractivity contribution in [1.29, 1.82) is 0 Å². The summed E-state index contributed by atoms with van der Waals surface area (Å²) in [4.78, 5) is 13.1. The molecule has 0 aromatic rings. The van der Waals surface area contributed by atoms with Crippen LogP contribution >= 0.6 is 0 Å². The molecule has 0 N–H and O–H groups in total. The molecule has 1 rings (SSSR count). The lowest BCUT2D eigenvalue weighted by Gasteiger charge is -2.37. The van der Waals surface area contributed by atoms with Crippen molar-refractivity contribution in [3.8, 4) is 12.3 Å². The lowest BCUT2D eigenvalue weighted by atomic mass is 9.85. The summed E-state index contributed by atoms with van der Waals surface area (Å²) < 4.78 is 4.95. The molecule has 0 fully saturated rings. The Morgan fingerprint density at radius 2 is 2.40 bits per heavy atom. The van der Waals surface area contributed by atoms with E-state index in [4.69, 9.17) is 11.2 Å². The molecule has 0 aliphatic heterocycles. The summed E-state index contributed by atoms with van der Waals surface area (Å²) in [6.07, 6.45) is 11.7. The van der Waals surface area contributed by atoms with Gasteiger partial charge in [-0.1, -0.05) is 18.1 Å². The number of hydrogen-bond acceptors (Lipinski definition) is 2. The van der Waals surface area contributed by atoms with Crippen molar-refractivity contribution in [2.75, 3.05) is 13.7 Å². The molecule has 1 amide bonds.